The number of carboxylic acids is 1. The lowest BCUT2D eigenvalue weighted by Gasteiger charge is -2.13. The van der Waals surface area contributed by atoms with Gasteiger partial charge in [-0.3, -0.25) is 4.79 Å². The molecule has 0 aliphatic heterocycles. The van der Waals surface area contributed by atoms with Crippen LogP contribution in [-0.2, 0) is 25.3 Å². The average molecular weight is 315 g/mol. The maximum atomic E-state index is 11.9. The van der Waals surface area contributed by atoms with Crippen LogP contribution >= 0.6 is 0 Å². The van der Waals surface area contributed by atoms with Crippen LogP contribution in [0.2, 0.25) is 0 Å². The Labute approximate surface area is 123 Å². The zero-order chi connectivity index (χ0) is 16.0. The van der Waals surface area contributed by atoms with Crippen molar-refractivity contribution in [2.45, 2.75) is 25.1 Å². The van der Waals surface area contributed by atoms with Crippen LogP contribution in [-0.4, -0.2) is 38.6 Å². The Kier molecular flexibility index (Phi) is 5.86. The van der Waals surface area contributed by atoms with Crippen LogP contribution in [0.4, 0.5) is 0 Å². The van der Waals surface area contributed by atoms with E-state index in [1.807, 2.05) is 0 Å². The van der Waals surface area contributed by atoms with E-state index in [9.17, 15) is 18.0 Å². The number of ether oxygens (including phenoxy) is 1. The first-order valence-electron chi connectivity index (χ1n) is 6.19. The molecular weight excluding hydrogens is 298 g/mol. The number of hydrogen-bond acceptors (Lipinski definition) is 5. The van der Waals surface area contributed by atoms with Crippen molar-refractivity contribution in [2.24, 2.45) is 0 Å². The van der Waals surface area contributed by atoms with Crippen LogP contribution in [0.5, 0.6) is 0 Å². The van der Waals surface area contributed by atoms with Gasteiger partial charge in [0, 0.05) is 0 Å². The van der Waals surface area contributed by atoms with Gasteiger partial charge in [-0.2, -0.15) is 0 Å². The van der Waals surface area contributed by atoms with Gasteiger partial charge in [0.1, 0.15) is 6.04 Å². The highest BCUT2D eigenvalue weighted by molar-refractivity contribution is 7.88. The summed E-state index contributed by atoms with van der Waals surface area (Å²) in [7, 11) is -2.59. The second-order valence-corrected chi connectivity index (χ2v) is 6.12. The summed E-state index contributed by atoms with van der Waals surface area (Å²) in [6.07, 6.45) is 0.136. The number of carbonyl (C=O) groups is 2. The monoisotopic (exact) mass is 315 g/mol. The molecule has 1 aromatic carbocycles. The van der Waals surface area contributed by atoms with Gasteiger partial charge in [0.05, 0.1) is 18.4 Å². The van der Waals surface area contributed by atoms with Crippen molar-refractivity contribution in [3.63, 3.8) is 0 Å². The lowest BCUT2D eigenvalue weighted by molar-refractivity contribution is -0.139. The highest BCUT2D eigenvalue weighted by Gasteiger charge is 2.22. The number of esters is 1. The third-order valence-electron chi connectivity index (χ3n) is 2.73. The Bertz CT molecular complexity index is 625. The molecule has 1 aromatic rings. The average Bonchev–Trinajstić information content (AvgIpc) is 2.43. The molecule has 0 saturated heterocycles. The summed E-state index contributed by atoms with van der Waals surface area (Å²) in [4.78, 5) is 22.2. The molecule has 1 atom stereocenters. The molecular formula is C13H17NO6S. The molecule has 0 fully saturated rings. The van der Waals surface area contributed by atoms with Crippen molar-refractivity contribution in [3.05, 3.63) is 35.4 Å². The molecule has 0 unspecified atom stereocenters. The molecule has 8 heteroatoms. The normalized spacial score (nSPS) is 12.7. The number of rotatable bonds is 7. The van der Waals surface area contributed by atoms with E-state index in [2.05, 4.69) is 9.46 Å². The van der Waals surface area contributed by atoms with Gasteiger partial charge in [-0.1, -0.05) is 19.1 Å². The molecule has 21 heavy (non-hydrogen) atoms. The number of nitrogens with one attached hydrogen (secondary N) is 1. The Morgan fingerprint density at radius 3 is 2.57 bits per heavy atom. The standard InChI is InChI=1S/C13H17NO6S/c1-3-11(12(15)16)14-21(18,19)8-9-5-4-6-10(7-9)13(17)20-2/h4-7,11,14H,3,8H2,1-2H3,(H,15,16)/t11-/m0/s1. The molecule has 116 valence electrons. The van der Waals surface area contributed by atoms with E-state index in [1.165, 1.54) is 31.4 Å². The van der Waals surface area contributed by atoms with Gasteiger partial charge in [0.15, 0.2) is 0 Å². The number of carbonyl (C=O) groups excluding carboxylic acids is 1. The second kappa shape index (κ2) is 7.19. The number of benzene rings is 1. The van der Waals surface area contributed by atoms with Crippen molar-refractivity contribution < 1.29 is 27.9 Å². The summed E-state index contributed by atoms with van der Waals surface area (Å²) in [5, 5.41) is 8.86. The van der Waals surface area contributed by atoms with Crippen LogP contribution in [0.15, 0.2) is 24.3 Å². The van der Waals surface area contributed by atoms with Crippen molar-refractivity contribution in [3.8, 4) is 0 Å². The minimum absolute atomic E-state index is 0.136. The van der Waals surface area contributed by atoms with Crippen LogP contribution < -0.4 is 4.72 Å². The van der Waals surface area contributed by atoms with Gasteiger partial charge >= 0.3 is 11.9 Å². The number of methoxy groups -OCH3 is 1. The topological polar surface area (TPSA) is 110 Å². The summed E-state index contributed by atoms with van der Waals surface area (Å²) in [6, 6.07) is 4.80. The minimum Gasteiger partial charge on any atom is -0.480 e. The van der Waals surface area contributed by atoms with E-state index in [0.717, 1.165) is 0 Å². The quantitative estimate of drug-likeness (QED) is 0.719. The molecule has 1 rings (SSSR count). The molecule has 2 N–H and O–H groups in total. The van der Waals surface area contributed by atoms with Gasteiger partial charge in [0.25, 0.3) is 0 Å². The number of carboxylic acid groups (broad SMARTS) is 1. The number of sulfonamides is 1. The largest absolute Gasteiger partial charge is 0.480 e. The first kappa shape index (κ1) is 17.1. The van der Waals surface area contributed by atoms with E-state index >= 15 is 0 Å². The molecule has 0 aliphatic carbocycles. The van der Waals surface area contributed by atoms with E-state index in [0.29, 0.717) is 5.56 Å². The SMILES string of the molecule is CC[C@H](NS(=O)(=O)Cc1cccc(C(=O)OC)c1)C(=O)O. The Hall–Kier alpha value is -1.93. The Morgan fingerprint density at radius 2 is 2.05 bits per heavy atom. The van der Waals surface area contributed by atoms with Gasteiger partial charge in [0.2, 0.25) is 10.0 Å². The Morgan fingerprint density at radius 1 is 1.38 bits per heavy atom. The fraction of sp³-hybridized carbons (Fsp3) is 0.385. The lowest BCUT2D eigenvalue weighted by Crippen LogP contribution is -2.40. The lowest BCUT2D eigenvalue weighted by atomic mass is 10.1. The van der Waals surface area contributed by atoms with Gasteiger partial charge < -0.3 is 9.84 Å². The van der Waals surface area contributed by atoms with Crippen molar-refractivity contribution >= 4 is 22.0 Å². The summed E-state index contributed by atoms with van der Waals surface area (Å²) < 4.78 is 30.5. The summed E-state index contributed by atoms with van der Waals surface area (Å²) in [5.74, 6) is -2.22. The van der Waals surface area contributed by atoms with Crippen molar-refractivity contribution in [1.29, 1.82) is 0 Å². The first-order chi connectivity index (χ1) is 9.79. The van der Waals surface area contributed by atoms with Crippen molar-refractivity contribution in [2.75, 3.05) is 7.11 Å². The van der Waals surface area contributed by atoms with Gasteiger partial charge in [-0.05, 0) is 24.1 Å². The highest BCUT2D eigenvalue weighted by atomic mass is 32.2. The third-order valence-corrected chi connectivity index (χ3v) is 4.09. The number of aliphatic carboxylic acids is 1. The van der Waals surface area contributed by atoms with Crippen LogP contribution in [0.3, 0.4) is 0 Å². The van der Waals surface area contributed by atoms with E-state index in [1.54, 1.807) is 6.92 Å². The molecule has 0 bridgehead atoms. The minimum atomic E-state index is -3.82. The molecule has 0 aromatic heterocycles. The van der Waals surface area contributed by atoms with E-state index < -0.39 is 33.8 Å². The first-order valence-corrected chi connectivity index (χ1v) is 7.84. The van der Waals surface area contributed by atoms with Gasteiger partial charge in [-0.25, -0.2) is 17.9 Å². The maximum Gasteiger partial charge on any atom is 0.337 e. The fourth-order valence-electron chi connectivity index (χ4n) is 1.69. The zero-order valence-corrected chi connectivity index (χ0v) is 12.5. The summed E-state index contributed by atoms with van der Waals surface area (Å²) in [5.41, 5.74) is 0.598. The predicted molar refractivity (Wildman–Crippen MR) is 75.3 cm³/mol. The molecule has 0 spiro atoms. The Balaban J connectivity index is 2.89. The molecule has 0 aliphatic rings. The zero-order valence-electron chi connectivity index (χ0n) is 11.7. The third kappa shape index (κ3) is 5.16. The molecule has 0 heterocycles. The van der Waals surface area contributed by atoms with E-state index in [-0.39, 0.29) is 12.0 Å². The highest BCUT2D eigenvalue weighted by Crippen LogP contribution is 2.10. The van der Waals surface area contributed by atoms with Gasteiger partial charge in [-0.15, -0.1) is 0 Å². The molecule has 0 amide bonds. The fourth-order valence-corrected chi connectivity index (χ4v) is 3.09. The van der Waals surface area contributed by atoms with Crippen molar-refractivity contribution in [1.82, 2.24) is 4.72 Å². The molecule has 0 saturated carbocycles. The van der Waals surface area contributed by atoms with Crippen LogP contribution in [0.25, 0.3) is 0 Å². The summed E-state index contributed by atoms with van der Waals surface area (Å²) >= 11 is 0. The summed E-state index contributed by atoms with van der Waals surface area (Å²) in [6.45, 7) is 1.57. The van der Waals surface area contributed by atoms with Crippen LogP contribution in [0.1, 0.15) is 29.3 Å². The molecule has 7 nitrogen and oxygen atoms in total. The number of hydrogen-bond donors (Lipinski definition) is 2. The van der Waals surface area contributed by atoms with E-state index in [4.69, 9.17) is 5.11 Å². The molecule has 0 radical (unpaired) electrons. The second-order valence-electron chi connectivity index (χ2n) is 4.37. The predicted octanol–water partition coefficient (Wildman–Crippen LogP) is 0.756. The van der Waals surface area contributed by atoms with Crippen LogP contribution in [0, 0.1) is 0 Å². The maximum absolute atomic E-state index is 11.9. The smallest absolute Gasteiger partial charge is 0.337 e.